The number of nitrogens with zero attached hydrogens (tertiary/aromatic N) is 2. The number of allylic oxidation sites excluding steroid dienone is 2. The molecule has 0 amide bonds. The fraction of sp³-hybridized carbons (Fsp3) is 0.400. The van der Waals surface area contributed by atoms with Crippen molar-refractivity contribution in [2.75, 3.05) is 11.6 Å². The van der Waals surface area contributed by atoms with Crippen LogP contribution in [0.4, 0.5) is 0 Å². The molecule has 20 heavy (non-hydrogen) atoms. The Morgan fingerprint density at radius 2 is 2.25 bits per heavy atom. The van der Waals surface area contributed by atoms with Crippen LogP contribution in [0.3, 0.4) is 0 Å². The fourth-order valence-electron chi connectivity index (χ4n) is 1.94. The summed E-state index contributed by atoms with van der Waals surface area (Å²) in [6.45, 7) is 2.03. The highest BCUT2D eigenvalue weighted by atomic mass is 35.5. The maximum Gasteiger partial charge on any atom is 0.0477 e. The third kappa shape index (κ3) is 5.00. The minimum absolute atomic E-state index is 0.711. The second-order valence-corrected chi connectivity index (χ2v) is 6.69. The molecule has 0 bridgehead atoms. The van der Waals surface area contributed by atoms with Gasteiger partial charge in [-0.1, -0.05) is 12.2 Å². The van der Waals surface area contributed by atoms with Crippen LogP contribution in [0.5, 0.6) is 0 Å². The van der Waals surface area contributed by atoms with Gasteiger partial charge in [0, 0.05) is 51.8 Å². The summed E-state index contributed by atoms with van der Waals surface area (Å²) in [5.74, 6) is 1.75. The van der Waals surface area contributed by atoms with E-state index in [1.807, 2.05) is 31.0 Å². The second-order valence-electron chi connectivity index (χ2n) is 4.62. The zero-order valence-electron chi connectivity index (χ0n) is 11.4. The van der Waals surface area contributed by atoms with Gasteiger partial charge in [0.25, 0.3) is 0 Å². The summed E-state index contributed by atoms with van der Waals surface area (Å²) in [6.07, 6.45) is 6.40. The third-order valence-electron chi connectivity index (χ3n) is 2.77. The summed E-state index contributed by atoms with van der Waals surface area (Å²) in [6, 6.07) is 4.26. The van der Waals surface area contributed by atoms with Crippen LogP contribution in [-0.4, -0.2) is 27.7 Å². The van der Waals surface area contributed by atoms with Crippen LogP contribution < -0.4 is 0 Å². The van der Waals surface area contributed by atoms with Crippen molar-refractivity contribution in [1.29, 1.82) is 0 Å². The van der Waals surface area contributed by atoms with Crippen LogP contribution in [0.25, 0.3) is 0 Å². The minimum atomic E-state index is 0.711. The van der Waals surface area contributed by atoms with E-state index in [-0.39, 0.29) is 0 Å². The lowest BCUT2D eigenvalue weighted by atomic mass is 10.1. The standard InChI is InChI=1S/C15H17ClN2S2/c1-11-7-15(20-6-2-4-16)10-13(18-11)8-12-9-14(19)3-5-17-12/h5,7,9-10H,2-4,6,8H2,1H3. The Morgan fingerprint density at radius 1 is 1.40 bits per heavy atom. The third-order valence-corrected chi connectivity index (χ3v) is 4.38. The average molecular weight is 325 g/mol. The van der Waals surface area contributed by atoms with E-state index in [2.05, 4.69) is 22.1 Å². The number of hydrogen-bond donors (Lipinski definition) is 0. The Labute approximate surface area is 134 Å². The molecule has 0 unspecified atom stereocenters. The normalized spacial score (nSPS) is 14.5. The SMILES string of the molecule is Cc1cc(SCCCCl)cc(CC2=CC(=S)CC=N2)n1. The summed E-state index contributed by atoms with van der Waals surface area (Å²) >= 11 is 12.8. The molecule has 0 aliphatic carbocycles. The maximum atomic E-state index is 5.71. The first-order chi connectivity index (χ1) is 9.67. The molecule has 2 heterocycles. The number of aromatic nitrogens is 1. The molecule has 1 aromatic heterocycles. The molecule has 0 N–H and O–H groups in total. The molecule has 0 spiro atoms. The van der Waals surface area contributed by atoms with E-state index < -0.39 is 0 Å². The van der Waals surface area contributed by atoms with Gasteiger partial charge in [0.2, 0.25) is 0 Å². The molecule has 0 saturated heterocycles. The Bertz CT molecular complexity index is 553. The molecule has 106 valence electrons. The topological polar surface area (TPSA) is 25.2 Å². The molecular formula is C15H17ClN2S2. The van der Waals surface area contributed by atoms with Gasteiger partial charge in [-0.05, 0) is 37.3 Å². The van der Waals surface area contributed by atoms with E-state index in [1.165, 1.54) is 4.90 Å². The Balaban J connectivity index is 2.07. The first kappa shape index (κ1) is 15.7. The van der Waals surface area contributed by atoms with Gasteiger partial charge in [-0.15, -0.1) is 23.4 Å². The molecule has 5 heteroatoms. The number of alkyl halides is 1. The van der Waals surface area contributed by atoms with Crippen molar-refractivity contribution in [2.24, 2.45) is 4.99 Å². The Morgan fingerprint density at radius 3 is 3.00 bits per heavy atom. The number of thiocarbonyl (C=S) groups is 1. The summed E-state index contributed by atoms with van der Waals surface area (Å²) in [7, 11) is 0. The maximum absolute atomic E-state index is 5.71. The second kappa shape index (κ2) is 7.91. The van der Waals surface area contributed by atoms with Gasteiger partial charge in [0.15, 0.2) is 0 Å². The predicted molar refractivity (Wildman–Crippen MR) is 92.5 cm³/mol. The lowest BCUT2D eigenvalue weighted by Gasteiger charge is -2.09. The molecular weight excluding hydrogens is 308 g/mol. The zero-order valence-corrected chi connectivity index (χ0v) is 13.8. The van der Waals surface area contributed by atoms with Gasteiger partial charge in [0.05, 0.1) is 0 Å². The molecule has 1 aliphatic heterocycles. The number of halogens is 1. The molecule has 0 saturated carbocycles. The van der Waals surface area contributed by atoms with Crippen molar-refractivity contribution in [3.05, 3.63) is 35.3 Å². The van der Waals surface area contributed by atoms with E-state index in [9.17, 15) is 0 Å². The minimum Gasteiger partial charge on any atom is -0.265 e. The van der Waals surface area contributed by atoms with Crippen LogP contribution in [0, 0.1) is 6.92 Å². The molecule has 2 nitrogen and oxygen atoms in total. The van der Waals surface area contributed by atoms with Crippen molar-refractivity contribution in [3.8, 4) is 0 Å². The van der Waals surface area contributed by atoms with E-state index in [1.54, 1.807) is 0 Å². The number of rotatable bonds is 6. The molecule has 1 aromatic rings. The Hall–Kier alpha value is -0.710. The Kier molecular flexibility index (Phi) is 6.20. The van der Waals surface area contributed by atoms with Gasteiger partial charge in [-0.25, -0.2) is 0 Å². The summed E-state index contributed by atoms with van der Waals surface area (Å²) in [5.41, 5.74) is 3.08. The highest BCUT2D eigenvalue weighted by Crippen LogP contribution is 2.22. The number of thioether (sulfide) groups is 1. The first-order valence-electron chi connectivity index (χ1n) is 6.59. The van der Waals surface area contributed by atoms with Crippen molar-refractivity contribution in [3.63, 3.8) is 0 Å². The zero-order chi connectivity index (χ0) is 14.4. The smallest absolute Gasteiger partial charge is 0.0477 e. The van der Waals surface area contributed by atoms with Gasteiger partial charge in [0.1, 0.15) is 0 Å². The highest BCUT2D eigenvalue weighted by molar-refractivity contribution is 7.99. The lowest BCUT2D eigenvalue weighted by molar-refractivity contribution is 0.984. The summed E-state index contributed by atoms with van der Waals surface area (Å²) < 4.78 is 0. The fourth-order valence-corrected chi connectivity index (χ4v) is 3.44. The number of aliphatic imine (C=N–C) groups is 1. The van der Waals surface area contributed by atoms with Crippen molar-refractivity contribution in [2.45, 2.75) is 31.1 Å². The van der Waals surface area contributed by atoms with E-state index in [4.69, 9.17) is 23.8 Å². The quantitative estimate of drug-likeness (QED) is 0.336. The van der Waals surface area contributed by atoms with Gasteiger partial charge >= 0.3 is 0 Å². The average Bonchev–Trinajstić information content (AvgIpc) is 2.38. The summed E-state index contributed by atoms with van der Waals surface area (Å²) in [5, 5.41) is 0. The van der Waals surface area contributed by atoms with Crippen LogP contribution in [-0.2, 0) is 6.42 Å². The first-order valence-corrected chi connectivity index (χ1v) is 8.52. The van der Waals surface area contributed by atoms with E-state index >= 15 is 0 Å². The van der Waals surface area contributed by atoms with Gasteiger partial charge in [-0.2, -0.15) is 0 Å². The number of pyridine rings is 1. The monoisotopic (exact) mass is 324 g/mol. The predicted octanol–water partition coefficient (Wildman–Crippen LogP) is 4.38. The lowest BCUT2D eigenvalue weighted by Crippen LogP contribution is -2.03. The van der Waals surface area contributed by atoms with Crippen LogP contribution >= 0.6 is 35.6 Å². The van der Waals surface area contributed by atoms with Crippen molar-refractivity contribution >= 4 is 46.7 Å². The van der Waals surface area contributed by atoms with Crippen LogP contribution in [0.15, 0.2) is 33.8 Å². The van der Waals surface area contributed by atoms with Gasteiger partial charge < -0.3 is 0 Å². The van der Waals surface area contributed by atoms with Crippen molar-refractivity contribution in [1.82, 2.24) is 4.98 Å². The van der Waals surface area contributed by atoms with Gasteiger partial charge in [-0.3, -0.25) is 9.98 Å². The number of aryl methyl sites for hydroxylation is 1. The van der Waals surface area contributed by atoms with Crippen LogP contribution in [0.2, 0.25) is 0 Å². The molecule has 0 aromatic carbocycles. The van der Waals surface area contributed by atoms with E-state index in [0.29, 0.717) is 5.88 Å². The number of hydrogen-bond acceptors (Lipinski definition) is 4. The molecule has 1 aliphatic rings. The summed E-state index contributed by atoms with van der Waals surface area (Å²) in [4.78, 5) is 11.2. The largest absolute Gasteiger partial charge is 0.265 e. The van der Waals surface area contributed by atoms with Crippen LogP contribution in [0.1, 0.15) is 24.2 Å². The molecule has 0 radical (unpaired) electrons. The van der Waals surface area contributed by atoms with Crippen molar-refractivity contribution < 1.29 is 0 Å². The highest BCUT2D eigenvalue weighted by Gasteiger charge is 2.07. The molecule has 0 fully saturated rings. The van der Waals surface area contributed by atoms with E-state index in [0.717, 1.165) is 47.0 Å². The molecule has 2 rings (SSSR count). The molecule has 0 atom stereocenters.